The fraction of sp³-hybridized carbons (Fsp3) is 0.364. The number of likely N-dealkylation sites (tertiary alicyclic amines) is 1. The molecule has 6 N–H and O–H groups in total. The van der Waals surface area contributed by atoms with Crippen molar-refractivity contribution in [3.63, 3.8) is 0 Å². The average molecular weight is 793 g/mol. The fourth-order valence-electron chi connectivity index (χ4n) is 7.04. The van der Waals surface area contributed by atoms with E-state index in [1.165, 1.54) is 6.07 Å². The highest BCUT2D eigenvalue weighted by molar-refractivity contribution is 5.97. The zero-order chi connectivity index (χ0) is 40.9. The molecule has 1 fully saturated rings. The highest BCUT2D eigenvalue weighted by Gasteiger charge is 2.26. The van der Waals surface area contributed by atoms with Crippen LogP contribution in [0.15, 0.2) is 91.0 Å². The number of phenols is 1. The summed E-state index contributed by atoms with van der Waals surface area (Å²) in [7, 11) is 1.80. The van der Waals surface area contributed by atoms with Gasteiger partial charge in [0.25, 0.3) is 5.91 Å². The lowest BCUT2D eigenvalue weighted by Crippen LogP contribution is -2.40. The number of hydrogen-bond acceptors (Lipinski definition) is 10. The molecule has 0 bridgehead atoms. The van der Waals surface area contributed by atoms with Gasteiger partial charge in [0.15, 0.2) is 12.4 Å². The molecule has 0 aromatic heterocycles. The molecule has 2 heterocycles. The number of hydrogen-bond donors (Lipinski definition) is 6. The number of rotatable bonds is 17. The number of aliphatic hydroxyl groups is 1. The Bertz CT molecular complexity index is 2020. The average Bonchev–Trinajstić information content (AvgIpc) is 3.23. The number of fused-ring (bicyclic) bond motifs is 1. The molecular weight excluding hydrogens is 741 g/mol. The number of unbranched alkanes of at least 4 members (excludes halogenated alkanes) is 1. The summed E-state index contributed by atoms with van der Waals surface area (Å²) in [6.45, 7) is 3.19. The van der Waals surface area contributed by atoms with E-state index in [9.17, 15) is 29.4 Å². The number of anilines is 3. The van der Waals surface area contributed by atoms with Crippen LogP contribution in [0.1, 0.15) is 55.8 Å². The Morgan fingerprint density at radius 1 is 0.931 bits per heavy atom. The summed E-state index contributed by atoms with van der Waals surface area (Å²) in [5.41, 5.74) is 4.89. The molecule has 14 heteroatoms. The van der Waals surface area contributed by atoms with Crippen LogP contribution < -0.4 is 26.0 Å². The maximum absolute atomic E-state index is 12.8. The van der Waals surface area contributed by atoms with Gasteiger partial charge in [-0.15, -0.1) is 0 Å². The number of carbonyl (C=O) groups is 4. The summed E-state index contributed by atoms with van der Waals surface area (Å²) in [5.74, 6) is -0.285. The molecule has 306 valence electrons. The van der Waals surface area contributed by atoms with Crippen molar-refractivity contribution < 1.29 is 38.9 Å². The maximum atomic E-state index is 12.8. The molecule has 2 aliphatic rings. The van der Waals surface area contributed by atoms with Crippen molar-refractivity contribution in [1.82, 2.24) is 15.1 Å². The van der Waals surface area contributed by atoms with Gasteiger partial charge in [0, 0.05) is 76.0 Å². The second-order valence-electron chi connectivity index (χ2n) is 14.6. The molecule has 4 aromatic rings. The Morgan fingerprint density at radius 2 is 1.67 bits per heavy atom. The van der Waals surface area contributed by atoms with Crippen LogP contribution in [-0.2, 0) is 25.7 Å². The number of benzene rings is 4. The molecule has 1 atom stereocenters. The van der Waals surface area contributed by atoms with Crippen molar-refractivity contribution in [3.8, 4) is 22.6 Å². The first-order valence-electron chi connectivity index (χ1n) is 19.8. The van der Waals surface area contributed by atoms with E-state index in [0.29, 0.717) is 75.1 Å². The molecule has 0 radical (unpaired) electrons. The van der Waals surface area contributed by atoms with Crippen LogP contribution >= 0.6 is 0 Å². The van der Waals surface area contributed by atoms with Crippen molar-refractivity contribution in [2.24, 2.45) is 0 Å². The lowest BCUT2D eigenvalue weighted by atomic mass is 10.0. The third-order valence-corrected chi connectivity index (χ3v) is 10.3. The minimum atomic E-state index is -0.935. The van der Waals surface area contributed by atoms with Crippen molar-refractivity contribution in [1.29, 1.82) is 0 Å². The van der Waals surface area contributed by atoms with E-state index in [2.05, 4.69) is 26.2 Å². The van der Waals surface area contributed by atoms with Gasteiger partial charge in [0.2, 0.25) is 11.8 Å². The molecule has 0 spiro atoms. The Balaban J connectivity index is 0.810. The Kier molecular flexibility index (Phi) is 14.7. The van der Waals surface area contributed by atoms with Crippen LogP contribution in [0, 0.1) is 0 Å². The fourth-order valence-corrected chi connectivity index (χ4v) is 7.04. The molecule has 2 aliphatic heterocycles. The normalized spacial score (nSPS) is 14.7. The van der Waals surface area contributed by atoms with Crippen LogP contribution in [0.2, 0.25) is 0 Å². The third kappa shape index (κ3) is 11.8. The minimum Gasteiger partial charge on any atom is -0.506 e. The van der Waals surface area contributed by atoms with E-state index in [0.717, 1.165) is 29.8 Å². The molecule has 6 rings (SSSR count). The van der Waals surface area contributed by atoms with Crippen LogP contribution in [0.5, 0.6) is 11.5 Å². The highest BCUT2D eigenvalue weighted by atomic mass is 16.6. The third-order valence-electron chi connectivity index (χ3n) is 10.3. The zero-order valence-corrected chi connectivity index (χ0v) is 32.7. The van der Waals surface area contributed by atoms with E-state index in [4.69, 9.17) is 9.47 Å². The van der Waals surface area contributed by atoms with Crippen LogP contribution in [0.25, 0.3) is 11.1 Å². The number of phenolic OH excluding ortho intramolecular Hbond substituents is 1. The SMILES string of the molecule is CN(CCCCC(=O)Nc1ccc(CNCC(O)c2ccc(O)c3c2OCC(=O)N3)cc1)C(=O)CCN1CCC(OC(=O)Nc2ccccc2-c2ccccc2)CC1. The topological polar surface area (TPSA) is 182 Å². The maximum Gasteiger partial charge on any atom is 0.411 e. The molecular formula is C44H52N6O8. The standard InChI is InChI=1S/C44H52N6O8/c1-49(41(55)22-26-50-24-20-33(21-25-50)58-44(56)47-36-12-6-5-11-34(36)31-9-3-2-4-10-31)23-8-7-13-39(53)46-32-16-14-30(15-17-32)27-45-28-38(52)35-18-19-37(51)42-43(35)57-29-40(54)48-42/h2-6,9-12,14-19,33,38,45,51-52H,7-8,13,20-29H2,1H3,(H,46,53)(H,47,56)(H,48,54). The number of carbonyl (C=O) groups excluding carboxylic acids is 4. The summed E-state index contributed by atoms with van der Waals surface area (Å²) in [5, 5.41) is 32.4. The van der Waals surface area contributed by atoms with E-state index in [1.54, 1.807) is 18.0 Å². The number of aliphatic hydroxyl groups excluding tert-OH is 1. The van der Waals surface area contributed by atoms with Crippen LogP contribution in [0.4, 0.5) is 21.9 Å². The largest absolute Gasteiger partial charge is 0.506 e. The van der Waals surface area contributed by atoms with Gasteiger partial charge in [-0.2, -0.15) is 0 Å². The number of ether oxygens (including phenoxy) is 2. The van der Waals surface area contributed by atoms with Gasteiger partial charge in [-0.1, -0.05) is 60.7 Å². The predicted molar refractivity (Wildman–Crippen MR) is 222 cm³/mol. The number of nitrogens with one attached hydrogen (secondary N) is 4. The number of para-hydroxylation sites is 1. The summed E-state index contributed by atoms with van der Waals surface area (Å²) in [6, 6.07) is 27.9. The van der Waals surface area contributed by atoms with Crippen molar-refractivity contribution in [2.45, 2.75) is 57.3 Å². The van der Waals surface area contributed by atoms with Crippen molar-refractivity contribution in [2.75, 3.05) is 62.3 Å². The van der Waals surface area contributed by atoms with Gasteiger partial charge >= 0.3 is 6.09 Å². The predicted octanol–water partition coefficient (Wildman–Crippen LogP) is 5.88. The number of piperidine rings is 1. The summed E-state index contributed by atoms with van der Waals surface area (Å²) in [4.78, 5) is 53.8. The Hall–Kier alpha value is -5.96. The number of nitrogens with zero attached hydrogens (tertiary/aromatic N) is 2. The van der Waals surface area contributed by atoms with Gasteiger partial charge in [-0.25, -0.2) is 4.79 Å². The molecule has 14 nitrogen and oxygen atoms in total. The number of amides is 4. The number of aromatic hydroxyl groups is 1. The van der Waals surface area contributed by atoms with E-state index in [-0.39, 0.29) is 54.2 Å². The van der Waals surface area contributed by atoms with Gasteiger partial charge < -0.3 is 45.4 Å². The Labute approximate surface area is 338 Å². The van der Waals surface area contributed by atoms with E-state index in [1.807, 2.05) is 78.9 Å². The molecule has 0 aliphatic carbocycles. The second-order valence-corrected chi connectivity index (χ2v) is 14.6. The molecule has 4 aromatic carbocycles. The van der Waals surface area contributed by atoms with E-state index >= 15 is 0 Å². The minimum absolute atomic E-state index is 0.0617. The first kappa shape index (κ1) is 41.7. The quantitative estimate of drug-likeness (QED) is 0.0558. The summed E-state index contributed by atoms with van der Waals surface area (Å²) < 4.78 is 11.2. The van der Waals surface area contributed by atoms with Gasteiger partial charge in [0.05, 0.1) is 11.8 Å². The molecule has 1 saturated heterocycles. The molecule has 4 amide bonds. The lowest BCUT2D eigenvalue weighted by Gasteiger charge is -2.31. The summed E-state index contributed by atoms with van der Waals surface area (Å²) in [6.07, 6.45) is 1.93. The highest BCUT2D eigenvalue weighted by Crippen LogP contribution is 2.41. The van der Waals surface area contributed by atoms with Crippen LogP contribution in [0.3, 0.4) is 0 Å². The summed E-state index contributed by atoms with van der Waals surface area (Å²) >= 11 is 0. The second kappa shape index (κ2) is 20.5. The smallest absolute Gasteiger partial charge is 0.411 e. The first-order chi connectivity index (χ1) is 28.1. The first-order valence-corrected chi connectivity index (χ1v) is 19.8. The van der Waals surface area contributed by atoms with Gasteiger partial charge in [-0.05, 0) is 67.1 Å². The van der Waals surface area contributed by atoms with Gasteiger partial charge in [0.1, 0.15) is 17.5 Å². The van der Waals surface area contributed by atoms with Crippen molar-refractivity contribution in [3.05, 3.63) is 102 Å². The Morgan fingerprint density at radius 3 is 2.45 bits per heavy atom. The molecule has 1 unspecified atom stereocenters. The van der Waals surface area contributed by atoms with E-state index < -0.39 is 12.2 Å². The van der Waals surface area contributed by atoms with Crippen molar-refractivity contribution >= 4 is 40.9 Å². The molecule has 0 saturated carbocycles. The molecule has 58 heavy (non-hydrogen) atoms. The lowest BCUT2D eigenvalue weighted by molar-refractivity contribution is -0.130. The monoisotopic (exact) mass is 792 g/mol. The van der Waals surface area contributed by atoms with Gasteiger partial charge in [-0.3, -0.25) is 19.7 Å². The zero-order valence-electron chi connectivity index (χ0n) is 32.7. The van der Waals surface area contributed by atoms with Crippen LogP contribution in [-0.4, -0.2) is 96.3 Å².